The highest BCUT2D eigenvalue weighted by Gasteiger charge is 2.32. The number of rotatable bonds is 7. The maximum atomic E-state index is 13.4. The Kier molecular flexibility index (Phi) is 7.56. The highest BCUT2D eigenvalue weighted by atomic mass is 16.5. The Bertz CT molecular complexity index is 1050. The van der Waals surface area contributed by atoms with Crippen LogP contribution in [0.2, 0.25) is 0 Å². The van der Waals surface area contributed by atoms with Crippen molar-refractivity contribution in [2.45, 2.75) is 57.1 Å². The van der Waals surface area contributed by atoms with Crippen LogP contribution in [-0.4, -0.2) is 24.0 Å². The summed E-state index contributed by atoms with van der Waals surface area (Å²) < 4.78 is 6.10. The molecule has 0 spiro atoms. The summed E-state index contributed by atoms with van der Waals surface area (Å²) in [5.74, 6) is -0.450. The summed E-state index contributed by atoms with van der Waals surface area (Å²) in [4.78, 5) is 26.3. The molecule has 33 heavy (non-hydrogen) atoms. The van der Waals surface area contributed by atoms with Gasteiger partial charge >= 0.3 is 5.97 Å². The molecule has 4 rings (SSSR count). The lowest BCUT2D eigenvalue weighted by Gasteiger charge is -2.32. The third-order valence-corrected chi connectivity index (χ3v) is 6.38. The van der Waals surface area contributed by atoms with Gasteiger partial charge in [0.2, 0.25) is 0 Å². The molecule has 3 aromatic carbocycles. The molecule has 1 aliphatic carbocycles. The standard InChI is InChI=1S/C29H31NO3/c1-21-16-18-22(19-17-21)20-26(30-28(31)24-12-6-3-7-13-24)29(32)33-27-15-9-8-14-25(27)23-10-4-2-5-11-23/h2-7,10-13,16-19,25-27H,8-9,14-15,20H2,1H3,(H,30,31)/t25-,26?,27+/m1/s1. The van der Waals surface area contributed by atoms with E-state index in [-0.39, 0.29) is 23.9 Å². The third-order valence-electron chi connectivity index (χ3n) is 6.38. The van der Waals surface area contributed by atoms with Gasteiger partial charge < -0.3 is 10.1 Å². The van der Waals surface area contributed by atoms with Gasteiger partial charge in [0.05, 0.1) is 0 Å². The van der Waals surface area contributed by atoms with E-state index >= 15 is 0 Å². The molecule has 1 N–H and O–H groups in total. The number of carbonyl (C=O) groups is 2. The molecule has 3 aromatic rings. The average Bonchev–Trinajstić information content (AvgIpc) is 2.86. The van der Waals surface area contributed by atoms with Gasteiger partial charge in [0.1, 0.15) is 12.1 Å². The van der Waals surface area contributed by atoms with Crippen LogP contribution >= 0.6 is 0 Å². The lowest BCUT2D eigenvalue weighted by molar-refractivity contribution is -0.154. The average molecular weight is 442 g/mol. The van der Waals surface area contributed by atoms with E-state index in [1.54, 1.807) is 12.1 Å². The number of hydrogen-bond acceptors (Lipinski definition) is 3. The summed E-state index contributed by atoms with van der Waals surface area (Å²) in [6.45, 7) is 2.03. The van der Waals surface area contributed by atoms with Crippen molar-refractivity contribution in [3.8, 4) is 0 Å². The van der Waals surface area contributed by atoms with Crippen molar-refractivity contribution < 1.29 is 14.3 Å². The smallest absolute Gasteiger partial charge is 0.329 e. The number of nitrogens with one attached hydrogen (secondary N) is 1. The van der Waals surface area contributed by atoms with Crippen LogP contribution in [0.15, 0.2) is 84.9 Å². The fourth-order valence-corrected chi connectivity index (χ4v) is 4.54. The fraction of sp³-hybridized carbons (Fsp3) is 0.310. The fourth-order valence-electron chi connectivity index (χ4n) is 4.54. The summed E-state index contributed by atoms with van der Waals surface area (Å²) in [6, 6.07) is 26.5. The van der Waals surface area contributed by atoms with Crippen LogP contribution in [0.5, 0.6) is 0 Å². The first-order valence-electron chi connectivity index (χ1n) is 11.8. The zero-order chi connectivity index (χ0) is 23.0. The third kappa shape index (κ3) is 6.10. The monoisotopic (exact) mass is 441 g/mol. The normalized spacial score (nSPS) is 18.8. The largest absolute Gasteiger partial charge is 0.460 e. The van der Waals surface area contributed by atoms with Crippen molar-refractivity contribution in [1.29, 1.82) is 0 Å². The molecule has 0 heterocycles. The maximum Gasteiger partial charge on any atom is 0.329 e. The van der Waals surface area contributed by atoms with Gasteiger partial charge in [-0.2, -0.15) is 0 Å². The lowest BCUT2D eigenvalue weighted by Crippen LogP contribution is -2.45. The molecule has 1 fully saturated rings. The highest BCUT2D eigenvalue weighted by Crippen LogP contribution is 2.35. The predicted octanol–water partition coefficient (Wildman–Crippen LogP) is 5.61. The number of amides is 1. The van der Waals surface area contributed by atoms with Gasteiger partial charge in [0, 0.05) is 17.9 Å². The molecule has 3 atom stereocenters. The Morgan fingerprint density at radius 1 is 0.879 bits per heavy atom. The van der Waals surface area contributed by atoms with Crippen LogP contribution in [0.4, 0.5) is 0 Å². The molecular weight excluding hydrogens is 410 g/mol. The summed E-state index contributed by atoms with van der Waals surface area (Å²) in [6.07, 6.45) is 4.23. The molecule has 0 aliphatic heterocycles. The molecule has 4 heteroatoms. The second-order valence-electron chi connectivity index (χ2n) is 8.86. The number of aryl methyl sites for hydroxylation is 1. The van der Waals surface area contributed by atoms with Gasteiger partial charge in [-0.15, -0.1) is 0 Å². The van der Waals surface area contributed by atoms with Gasteiger partial charge in [-0.25, -0.2) is 4.79 Å². The lowest BCUT2D eigenvalue weighted by atomic mass is 9.81. The van der Waals surface area contributed by atoms with Crippen LogP contribution in [0.25, 0.3) is 0 Å². The minimum atomic E-state index is -0.751. The van der Waals surface area contributed by atoms with Crippen LogP contribution in [0, 0.1) is 6.92 Å². The predicted molar refractivity (Wildman–Crippen MR) is 130 cm³/mol. The van der Waals surface area contributed by atoms with E-state index in [1.807, 2.05) is 67.6 Å². The summed E-state index contributed by atoms with van der Waals surface area (Å²) in [5.41, 5.74) is 3.87. The molecule has 0 bridgehead atoms. The zero-order valence-electron chi connectivity index (χ0n) is 19.1. The van der Waals surface area contributed by atoms with Crippen molar-refractivity contribution >= 4 is 11.9 Å². The molecule has 4 nitrogen and oxygen atoms in total. The van der Waals surface area contributed by atoms with Gasteiger partial charge in [-0.1, -0.05) is 84.8 Å². The Morgan fingerprint density at radius 2 is 1.52 bits per heavy atom. The molecule has 1 saturated carbocycles. The van der Waals surface area contributed by atoms with E-state index in [0.717, 1.165) is 36.8 Å². The van der Waals surface area contributed by atoms with Crippen LogP contribution in [-0.2, 0) is 16.0 Å². The molecular formula is C29H31NO3. The first kappa shape index (κ1) is 22.8. The summed E-state index contributed by atoms with van der Waals surface area (Å²) >= 11 is 0. The number of carbonyl (C=O) groups excluding carboxylic acids is 2. The number of benzene rings is 3. The Balaban J connectivity index is 1.52. The van der Waals surface area contributed by atoms with Crippen molar-refractivity contribution in [3.63, 3.8) is 0 Å². The first-order valence-corrected chi connectivity index (χ1v) is 11.8. The van der Waals surface area contributed by atoms with Crippen molar-refractivity contribution in [2.75, 3.05) is 0 Å². The van der Waals surface area contributed by atoms with Crippen molar-refractivity contribution in [3.05, 3.63) is 107 Å². The Morgan fingerprint density at radius 3 is 2.21 bits per heavy atom. The van der Waals surface area contributed by atoms with Crippen LogP contribution < -0.4 is 5.32 Å². The number of esters is 1. The van der Waals surface area contributed by atoms with Gasteiger partial charge in [0.25, 0.3) is 5.91 Å². The topological polar surface area (TPSA) is 55.4 Å². The van der Waals surface area contributed by atoms with E-state index in [2.05, 4.69) is 17.4 Å². The molecule has 170 valence electrons. The van der Waals surface area contributed by atoms with E-state index < -0.39 is 6.04 Å². The first-order chi connectivity index (χ1) is 16.1. The molecule has 0 saturated heterocycles. The van der Waals surface area contributed by atoms with E-state index in [4.69, 9.17) is 4.74 Å². The van der Waals surface area contributed by atoms with Gasteiger partial charge in [0.15, 0.2) is 0 Å². The van der Waals surface area contributed by atoms with Crippen LogP contribution in [0.1, 0.15) is 58.6 Å². The SMILES string of the molecule is Cc1ccc(CC(NC(=O)c2ccccc2)C(=O)O[C@H]2CCCC[C@@H]2c2ccccc2)cc1. The quantitative estimate of drug-likeness (QED) is 0.485. The van der Waals surface area contributed by atoms with Crippen molar-refractivity contribution in [1.82, 2.24) is 5.32 Å². The maximum absolute atomic E-state index is 13.4. The van der Waals surface area contributed by atoms with E-state index in [1.165, 1.54) is 5.56 Å². The minimum Gasteiger partial charge on any atom is -0.460 e. The van der Waals surface area contributed by atoms with Crippen molar-refractivity contribution in [2.24, 2.45) is 0 Å². The highest BCUT2D eigenvalue weighted by molar-refractivity contribution is 5.96. The molecule has 1 amide bonds. The molecule has 0 aromatic heterocycles. The molecule has 0 radical (unpaired) electrons. The summed E-state index contributed by atoms with van der Waals surface area (Å²) in [7, 11) is 0. The Labute approximate surface area is 196 Å². The molecule has 1 aliphatic rings. The zero-order valence-corrected chi connectivity index (χ0v) is 19.1. The summed E-state index contributed by atoms with van der Waals surface area (Å²) in [5, 5.41) is 2.93. The van der Waals surface area contributed by atoms with Gasteiger partial charge in [-0.05, 0) is 49.4 Å². The molecule has 1 unspecified atom stereocenters. The van der Waals surface area contributed by atoms with E-state index in [9.17, 15) is 9.59 Å². The van der Waals surface area contributed by atoms with Gasteiger partial charge in [-0.3, -0.25) is 4.79 Å². The van der Waals surface area contributed by atoms with E-state index in [0.29, 0.717) is 12.0 Å². The number of hydrogen-bond donors (Lipinski definition) is 1. The second kappa shape index (κ2) is 11.0. The number of ether oxygens (including phenoxy) is 1. The van der Waals surface area contributed by atoms with Crippen LogP contribution in [0.3, 0.4) is 0 Å². The Hall–Kier alpha value is -3.40. The minimum absolute atomic E-state index is 0.178. The second-order valence-corrected chi connectivity index (χ2v) is 8.86.